The van der Waals surface area contributed by atoms with Crippen molar-refractivity contribution in [2.45, 2.75) is 26.4 Å². The molecule has 2 aromatic rings. The number of ether oxygens (including phenoxy) is 2. The van der Waals surface area contributed by atoms with E-state index in [0.29, 0.717) is 17.9 Å². The number of nitrogens with zero attached hydrogens (tertiary/aromatic N) is 3. The molecule has 0 radical (unpaired) electrons. The number of aryl methyl sites for hydroxylation is 1. The molecule has 0 saturated heterocycles. The summed E-state index contributed by atoms with van der Waals surface area (Å²) in [5.41, 5.74) is 1.29. The van der Waals surface area contributed by atoms with Crippen molar-refractivity contribution in [3.63, 3.8) is 0 Å². The van der Waals surface area contributed by atoms with Crippen molar-refractivity contribution in [1.82, 2.24) is 20.4 Å². The Balaban J connectivity index is 1.95. The summed E-state index contributed by atoms with van der Waals surface area (Å²) in [6, 6.07) is 7.30. The van der Waals surface area contributed by atoms with Crippen LogP contribution >= 0.6 is 0 Å². The highest BCUT2D eigenvalue weighted by molar-refractivity contribution is 5.92. The van der Waals surface area contributed by atoms with E-state index in [9.17, 15) is 4.79 Å². The molecule has 27 heavy (non-hydrogen) atoms. The minimum absolute atomic E-state index is 0.393. The molecule has 1 aromatic heterocycles. The Hall–Kier alpha value is -3.03. The standard InChI is InChI=1S/C19H27N5O3/c1-4-20-19(21-9-5-11-24-12-6-10-23-24)22-14-15-7-8-17(26-2)16(13-15)18(25)27-3/h6-8,10,12-13H,4-5,9,11,14H2,1-3H3,(H2,20,21,22). The fourth-order valence-electron chi connectivity index (χ4n) is 2.52. The van der Waals surface area contributed by atoms with Crippen LogP contribution in [0.4, 0.5) is 0 Å². The van der Waals surface area contributed by atoms with Crippen LogP contribution in [0.1, 0.15) is 29.3 Å². The Kier molecular flexibility index (Phi) is 8.15. The quantitative estimate of drug-likeness (QED) is 0.302. The predicted molar refractivity (Wildman–Crippen MR) is 104 cm³/mol. The Labute approximate surface area is 159 Å². The van der Waals surface area contributed by atoms with Gasteiger partial charge < -0.3 is 20.1 Å². The van der Waals surface area contributed by atoms with Crippen LogP contribution in [0, 0.1) is 0 Å². The summed E-state index contributed by atoms with van der Waals surface area (Å²) in [6.45, 7) is 4.84. The highest BCUT2D eigenvalue weighted by Crippen LogP contribution is 2.21. The van der Waals surface area contributed by atoms with Gasteiger partial charge in [-0.1, -0.05) is 6.07 Å². The summed E-state index contributed by atoms with van der Waals surface area (Å²) in [4.78, 5) is 16.5. The predicted octanol–water partition coefficient (Wildman–Crippen LogP) is 1.82. The van der Waals surface area contributed by atoms with Gasteiger partial charge in [0.05, 0.1) is 20.8 Å². The smallest absolute Gasteiger partial charge is 0.341 e. The molecule has 0 bridgehead atoms. The SMILES string of the molecule is CCNC(=NCc1ccc(OC)c(C(=O)OC)c1)NCCCn1cccn1. The topological polar surface area (TPSA) is 89.8 Å². The van der Waals surface area contributed by atoms with E-state index in [4.69, 9.17) is 9.47 Å². The van der Waals surface area contributed by atoms with Crippen LogP contribution in [0.3, 0.4) is 0 Å². The van der Waals surface area contributed by atoms with E-state index in [1.165, 1.54) is 14.2 Å². The molecule has 8 heteroatoms. The minimum atomic E-state index is -0.429. The Morgan fingerprint density at radius 2 is 2.15 bits per heavy atom. The molecule has 146 valence electrons. The first-order valence-corrected chi connectivity index (χ1v) is 8.92. The van der Waals surface area contributed by atoms with Gasteiger partial charge in [0, 0.05) is 32.0 Å². The van der Waals surface area contributed by atoms with Gasteiger partial charge in [-0.05, 0) is 37.1 Å². The first kappa shape index (κ1) is 20.3. The van der Waals surface area contributed by atoms with Crippen molar-refractivity contribution >= 4 is 11.9 Å². The van der Waals surface area contributed by atoms with Gasteiger partial charge in [-0.3, -0.25) is 4.68 Å². The van der Waals surface area contributed by atoms with E-state index in [0.717, 1.165) is 37.6 Å². The van der Waals surface area contributed by atoms with Crippen molar-refractivity contribution in [1.29, 1.82) is 0 Å². The Bertz CT molecular complexity index is 744. The number of rotatable bonds is 9. The summed E-state index contributed by atoms with van der Waals surface area (Å²) in [5, 5.41) is 10.7. The highest BCUT2D eigenvalue weighted by atomic mass is 16.5. The number of nitrogens with one attached hydrogen (secondary N) is 2. The molecule has 0 spiro atoms. The van der Waals surface area contributed by atoms with Gasteiger partial charge in [0.1, 0.15) is 11.3 Å². The van der Waals surface area contributed by atoms with Crippen LogP contribution < -0.4 is 15.4 Å². The van der Waals surface area contributed by atoms with Gasteiger partial charge in [0.25, 0.3) is 0 Å². The third-order valence-electron chi connectivity index (χ3n) is 3.85. The number of carbonyl (C=O) groups excluding carboxylic acids is 1. The van der Waals surface area contributed by atoms with Gasteiger partial charge in [-0.25, -0.2) is 9.79 Å². The van der Waals surface area contributed by atoms with Gasteiger partial charge in [-0.2, -0.15) is 5.10 Å². The molecule has 0 unspecified atom stereocenters. The summed E-state index contributed by atoms with van der Waals surface area (Å²) >= 11 is 0. The minimum Gasteiger partial charge on any atom is -0.496 e. The molecule has 0 amide bonds. The van der Waals surface area contributed by atoms with Crippen LogP contribution in [0.5, 0.6) is 5.75 Å². The lowest BCUT2D eigenvalue weighted by Gasteiger charge is -2.12. The van der Waals surface area contributed by atoms with E-state index >= 15 is 0 Å². The Morgan fingerprint density at radius 3 is 2.81 bits per heavy atom. The Morgan fingerprint density at radius 1 is 1.30 bits per heavy atom. The van der Waals surface area contributed by atoms with E-state index in [-0.39, 0.29) is 0 Å². The maximum absolute atomic E-state index is 11.9. The number of benzene rings is 1. The molecular formula is C19H27N5O3. The molecule has 0 fully saturated rings. The monoisotopic (exact) mass is 373 g/mol. The molecule has 8 nitrogen and oxygen atoms in total. The van der Waals surface area contributed by atoms with Crippen molar-refractivity contribution in [2.24, 2.45) is 4.99 Å². The van der Waals surface area contributed by atoms with Crippen LogP contribution in [0.2, 0.25) is 0 Å². The molecule has 2 rings (SSSR count). The first-order valence-electron chi connectivity index (χ1n) is 8.92. The largest absolute Gasteiger partial charge is 0.496 e. The number of methoxy groups -OCH3 is 2. The van der Waals surface area contributed by atoms with Crippen molar-refractivity contribution < 1.29 is 14.3 Å². The summed E-state index contributed by atoms with van der Waals surface area (Å²) < 4.78 is 11.9. The second-order valence-corrected chi connectivity index (χ2v) is 5.77. The van der Waals surface area contributed by atoms with E-state index in [1.54, 1.807) is 18.3 Å². The lowest BCUT2D eigenvalue weighted by molar-refractivity contribution is 0.0597. The number of aliphatic imine (C=N–C) groups is 1. The number of guanidine groups is 1. The molecule has 2 N–H and O–H groups in total. The summed E-state index contributed by atoms with van der Waals surface area (Å²) in [5.74, 6) is 0.785. The van der Waals surface area contributed by atoms with Crippen molar-refractivity contribution in [2.75, 3.05) is 27.3 Å². The van der Waals surface area contributed by atoms with Gasteiger partial charge in [-0.15, -0.1) is 0 Å². The van der Waals surface area contributed by atoms with E-state index in [1.807, 2.05) is 29.9 Å². The van der Waals surface area contributed by atoms with Crippen LogP contribution in [-0.4, -0.2) is 49.0 Å². The van der Waals surface area contributed by atoms with E-state index in [2.05, 4.69) is 20.7 Å². The van der Waals surface area contributed by atoms with Crippen LogP contribution in [0.15, 0.2) is 41.7 Å². The number of esters is 1. The second-order valence-electron chi connectivity index (χ2n) is 5.77. The molecule has 0 aliphatic heterocycles. The average molecular weight is 373 g/mol. The zero-order valence-corrected chi connectivity index (χ0v) is 16.1. The third kappa shape index (κ3) is 6.32. The highest BCUT2D eigenvalue weighted by Gasteiger charge is 2.13. The van der Waals surface area contributed by atoms with Crippen molar-refractivity contribution in [3.8, 4) is 5.75 Å². The average Bonchev–Trinajstić information content (AvgIpc) is 3.22. The second kappa shape index (κ2) is 10.8. The number of carbonyl (C=O) groups is 1. The number of hydrogen-bond donors (Lipinski definition) is 2. The van der Waals surface area contributed by atoms with Crippen molar-refractivity contribution in [3.05, 3.63) is 47.8 Å². The normalized spacial score (nSPS) is 11.1. The molecule has 1 aromatic carbocycles. The molecule has 0 atom stereocenters. The summed E-state index contributed by atoms with van der Waals surface area (Å²) in [7, 11) is 2.87. The maximum atomic E-state index is 11.9. The number of aromatic nitrogens is 2. The van der Waals surface area contributed by atoms with Gasteiger partial charge in [0.15, 0.2) is 5.96 Å². The lowest BCUT2D eigenvalue weighted by atomic mass is 10.1. The fourth-order valence-corrected chi connectivity index (χ4v) is 2.52. The van der Waals surface area contributed by atoms with E-state index < -0.39 is 5.97 Å². The molecule has 0 aliphatic carbocycles. The molecule has 0 saturated carbocycles. The first-order chi connectivity index (χ1) is 13.2. The maximum Gasteiger partial charge on any atom is 0.341 e. The third-order valence-corrected chi connectivity index (χ3v) is 3.85. The fraction of sp³-hybridized carbons (Fsp3) is 0.421. The molecule has 1 heterocycles. The lowest BCUT2D eigenvalue weighted by Crippen LogP contribution is -2.38. The zero-order chi connectivity index (χ0) is 19.5. The molecule has 0 aliphatic rings. The molecular weight excluding hydrogens is 346 g/mol. The zero-order valence-electron chi connectivity index (χ0n) is 16.1. The summed E-state index contributed by atoms with van der Waals surface area (Å²) in [6.07, 6.45) is 4.65. The number of hydrogen-bond acceptors (Lipinski definition) is 5. The van der Waals surface area contributed by atoms with Crippen LogP contribution in [0.25, 0.3) is 0 Å². The van der Waals surface area contributed by atoms with Crippen LogP contribution in [-0.2, 0) is 17.8 Å². The van der Waals surface area contributed by atoms with Gasteiger partial charge >= 0.3 is 5.97 Å². The van der Waals surface area contributed by atoms with Gasteiger partial charge in [0.2, 0.25) is 0 Å².